The second kappa shape index (κ2) is 6.74. The molecule has 3 aromatic rings. The van der Waals surface area contributed by atoms with Crippen molar-refractivity contribution in [3.63, 3.8) is 0 Å². The number of carbonyl (C=O) groups is 1. The molecule has 0 aliphatic heterocycles. The van der Waals surface area contributed by atoms with Crippen molar-refractivity contribution in [3.05, 3.63) is 72.3 Å². The van der Waals surface area contributed by atoms with Crippen LogP contribution in [0.5, 0.6) is 0 Å². The fraction of sp³-hybridized carbons (Fsp3) is 0.150. The summed E-state index contributed by atoms with van der Waals surface area (Å²) in [5, 5.41) is 4.24. The lowest BCUT2D eigenvalue weighted by atomic mass is 10.1. The first-order chi connectivity index (χ1) is 12.6. The summed E-state index contributed by atoms with van der Waals surface area (Å²) in [6.45, 7) is 2.37. The highest BCUT2D eigenvalue weighted by molar-refractivity contribution is 7.93. The van der Waals surface area contributed by atoms with Gasteiger partial charge in [0.05, 0.1) is 0 Å². The molecular formula is C20H17F2NO3S. The molecule has 1 N–H and O–H groups in total. The van der Waals surface area contributed by atoms with Gasteiger partial charge < -0.3 is 5.32 Å². The Morgan fingerprint density at radius 3 is 2.33 bits per heavy atom. The lowest BCUT2D eigenvalue weighted by molar-refractivity contribution is -0.117. The number of benzene rings is 3. The fourth-order valence-electron chi connectivity index (χ4n) is 2.70. The van der Waals surface area contributed by atoms with Gasteiger partial charge in [-0.15, -0.1) is 0 Å². The number of nitrogens with one attached hydrogen (secondary N) is 1. The number of anilines is 1. The highest BCUT2D eigenvalue weighted by Crippen LogP contribution is 2.30. The molecule has 0 aliphatic rings. The number of sulfone groups is 1. The van der Waals surface area contributed by atoms with Crippen molar-refractivity contribution in [1.82, 2.24) is 0 Å². The molecule has 0 spiro atoms. The molecule has 0 aliphatic carbocycles. The van der Waals surface area contributed by atoms with Crippen LogP contribution in [0.25, 0.3) is 10.8 Å². The second-order valence-corrected chi connectivity index (χ2v) is 9.04. The molecule has 0 unspecified atom stereocenters. The first-order valence-electron chi connectivity index (χ1n) is 8.13. The monoisotopic (exact) mass is 389 g/mol. The molecule has 3 rings (SSSR count). The van der Waals surface area contributed by atoms with Gasteiger partial charge in [0.2, 0.25) is 5.91 Å². The Balaban J connectivity index is 1.99. The largest absolute Gasteiger partial charge is 0.324 e. The number of fused-ring (bicyclic) bond motifs is 1. The number of hydrogen-bond donors (Lipinski definition) is 1. The van der Waals surface area contributed by atoms with Crippen LogP contribution in [0.1, 0.15) is 13.8 Å². The molecule has 0 aromatic heterocycles. The van der Waals surface area contributed by atoms with Gasteiger partial charge in [0.25, 0.3) is 0 Å². The average molecular weight is 389 g/mol. The van der Waals surface area contributed by atoms with Crippen LogP contribution in [-0.2, 0) is 14.6 Å². The van der Waals surface area contributed by atoms with Crippen LogP contribution < -0.4 is 5.32 Å². The van der Waals surface area contributed by atoms with Crippen LogP contribution in [0.3, 0.4) is 0 Å². The van der Waals surface area contributed by atoms with E-state index in [4.69, 9.17) is 0 Å². The van der Waals surface area contributed by atoms with Gasteiger partial charge in [-0.2, -0.15) is 0 Å². The molecule has 4 nitrogen and oxygen atoms in total. The lowest BCUT2D eigenvalue weighted by Crippen LogP contribution is -2.44. The number of amides is 1. The molecule has 0 fully saturated rings. The van der Waals surface area contributed by atoms with E-state index in [0.29, 0.717) is 11.8 Å². The average Bonchev–Trinajstić information content (AvgIpc) is 2.61. The highest BCUT2D eigenvalue weighted by Gasteiger charge is 2.44. The number of rotatable bonds is 4. The summed E-state index contributed by atoms with van der Waals surface area (Å²) in [6.07, 6.45) is 0. The van der Waals surface area contributed by atoms with Crippen LogP contribution in [-0.4, -0.2) is 19.1 Å². The molecule has 1 amide bonds. The molecule has 7 heteroatoms. The Bertz CT molecular complexity index is 1140. The molecule has 0 radical (unpaired) electrons. The van der Waals surface area contributed by atoms with E-state index in [0.717, 1.165) is 22.9 Å². The minimum Gasteiger partial charge on any atom is -0.324 e. The van der Waals surface area contributed by atoms with E-state index in [2.05, 4.69) is 5.32 Å². The maximum Gasteiger partial charge on any atom is 0.245 e. The van der Waals surface area contributed by atoms with Crippen LogP contribution in [0.2, 0.25) is 0 Å². The molecule has 0 saturated heterocycles. The summed E-state index contributed by atoms with van der Waals surface area (Å²) in [6, 6.07) is 14.7. The minimum atomic E-state index is -4.41. The fourth-order valence-corrected chi connectivity index (χ4v) is 4.11. The standard InChI is InChI=1S/C20H17F2NO3S/c1-20(2,27(25,26)18-11-10-14(21)12-16(18)22)19(24)23-17-9-5-7-13-6-3-4-8-15(13)17/h3-12H,1-2H3,(H,23,24). The van der Waals surface area contributed by atoms with Gasteiger partial charge in [0.1, 0.15) is 21.3 Å². The Morgan fingerprint density at radius 1 is 0.963 bits per heavy atom. The maximum absolute atomic E-state index is 14.0. The van der Waals surface area contributed by atoms with E-state index in [-0.39, 0.29) is 0 Å². The van der Waals surface area contributed by atoms with E-state index in [1.165, 1.54) is 13.8 Å². The lowest BCUT2D eigenvalue weighted by Gasteiger charge is -2.24. The molecule has 140 valence electrons. The van der Waals surface area contributed by atoms with Crippen molar-refractivity contribution in [2.24, 2.45) is 0 Å². The summed E-state index contributed by atoms with van der Waals surface area (Å²) in [4.78, 5) is 12.1. The Hall–Kier alpha value is -2.80. The van der Waals surface area contributed by atoms with Crippen molar-refractivity contribution in [3.8, 4) is 0 Å². The zero-order valence-corrected chi connectivity index (χ0v) is 15.5. The Labute approximate surface area is 155 Å². The third kappa shape index (κ3) is 3.30. The van der Waals surface area contributed by atoms with Crippen molar-refractivity contribution >= 4 is 32.2 Å². The van der Waals surface area contributed by atoms with Crippen LogP contribution in [0.4, 0.5) is 14.5 Å². The predicted octanol–water partition coefficient (Wildman–Crippen LogP) is 4.31. The number of halogens is 2. The first kappa shape index (κ1) is 19.0. The topological polar surface area (TPSA) is 63.2 Å². The van der Waals surface area contributed by atoms with Crippen LogP contribution in [0, 0.1) is 11.6 Å². The van der Waals surface area contributed by atoms with Gasteiger partial charge in [-0.25, -0.2) is 17.2 Å². The highest BCUT2D eigenvalue weighted by atomic mass is 32.2. The zero-order chi connectivity index (χ0) is 19.8. The van der Waals surface area contributed by atoms with Gasteiger partial charge in [-0.1, -0.05) is 36.4 Å². The van der Waals surface area contributed by atoms with E-state index in [9.17, 15) is 22.0 Å². The summed E-state index contributed by atoms with van der Waals surface area (Å²) >= 11 is 0. The van der Waals surface area contributed by atoms with Gasteiger partial charge in [-0.3, -0.25) is 4.79 Å². The third-order valence-electron chi connectivity index (χ3n) is 4.44. The first-order valence-corrected chi connectivity index (χ1v) is 9.62. The summed E-state index contributed by atoms with van der Waals surface area (Å²) in [7, 11) is -4.41. The normalized spacial score (nSPS) is 12.1. The predicted molar refractivity (Wildman–Crippen MR) is 100 cm³/mol. The maximum atomic E-state index is 14.0. The Morgan fingerprint density at radius 2 is 1.63 bits per heavy atom. The van der Waals surface area contributed by atoms with Gasteiger partial charge in [0.15, 0.2) is 9.84 Å². The van der Waals surface area contributed by atoms with E-state index in [1.54, 1.807) is 24.3 Å². The SMILES string of the molecule is CC(C)(C(=O)Nc1cccc2ccccc12)S(=O)(=O)c1ccc(F)cc1F. The molecule has 27 heavy (non-hydrogen) atoms. The molecule has 0 atom stereocenters. The molecular weight excluding hydrogens is 372 g/mol. The van der Waals surface area contributed by atoms with Gasteiger partial charge in [0, 0.05) is 17.1 Å². The minimum absolute atomic E-state index is 0.445. The van der Waals surface area contributed by atoms with Crippen LogP contribution in [0.15, 0.2) is 65.6 Å². The quantitative estimate of drug-likeness (QED) is 0.677. The summed E-state index contributed by atoms with van der Waals surface area (Å²) in [5.74, 6) is -2.95. The molecule has 0 saturated carbocycles. The van der Waals surface area contributed by atoms with Crippen LogP contribution >= 0.6 is 0 Å². The van der Waals surface area contributed by atoms with Crippen molar-refractivity contribution < 1.29 is 22.0 Å². The smallest absolute Gasteiger partial charge is 0.245 e. The second-order valence-electron chi connectivity index (χ2n) is 6.57. The van der Waals surface area contributed by atoms with Crippen molar-refractivity contribution in [2.45, 2.75) is 23.5 Å². The molecule has 3 aromatic carbocycles. The number of carbonyl (C=O) groups excluding carboxylic acids is 1. The van der Waals surface area contributed by atoms with E-state index >= 15 is 0 Å². The Kier molecular flexibility index (Phi) is 4.73. The zero-order valence-electron chi connectivity index (χ0n) is 14.7. The molecule has 0 bridgehead atoms. The van der Waals surface area contributed by atoms with Gasteiger partial charge >= 0.3 is 0 Å². The summed E-state index contributed by atoms with van der Waals surface area (Å²) in [5.41, 5.74) is 0.445. The summed E-state index contributed by atoms with van der Waals surface area (Å²) < 4.78 is 50.9. The third-order valence-corrected chi connectivity index (χ3v) is 6.88. The van der Waals surface area contributed by atoms with E-state index < -0.39 is 37.0 Å². The van der Waals surface area contributed by atoms with E-state index in [1.807, 2.05) is 18.2 Å². The van der Waals surface area contributed by atoms with Crippen molar-refractivity contribution in [2.75, 3.05) is 5.32 Å². The van der Waals surface area contributed by atoms with Gasteiger partial charge in [-0.05, 0) is 37.4 Å². The van der Waals surface area contributed by atoms with Crippen molar-refractivity contribution in [1.29, 1.82) is 0 Å². The number of hydrogen-bond acceptors (Lipinski definition) is 3. The molecule has 0 heterocycles.